The first-order chi connectivity index (χ1) is 11.6. The summed E-state index contributed by atoms with van der Waals surface area (Å²) in [6.07, 6.45) is 2.67. The van der Waals surface area contributed by atoms with Gasteiger partial charge < -0.3 is 14.2 Å². The van der Waals surface area contributed by atoms with E-state index in [1.54, 1.807) is 12.0 Å². The van der Waals surface area contributed by atoms with Gasteiger partial charge in [0.2, 0.25) is 5.91 Å². The average Bonchev–Trinajstić information content (AvgIpc) is 2.95. The van der Waals surface area contributed by atoms with Crippen LogP contribution in [0.1, 0.15) is 36.9 Å². The molecule has 0 saturated carbocycles. The van der Waals surface area contributed by atoms with Crippen LogP contribution in [0.4, 0.5) is 4.39 Å². The van der Waals surface area contributed by atoms with Gasteiger partial charge >= 0.3 is 0 Å². The predicted molar refractivity (Wildman–Crippen MR) is 93.5 cm³/mol. The van der Waals surface area contributed by atoms with E-state index in [1.807, 2.05) is 36.7 Å². The van der Waals surface area contributed by atoms with E-state index in [2.05, 4.69) is 0 Å². The molecule has 1 amide bonds. The Morgan fingerprint density at radius 3 is 2.92 bits per heavy atom. The second-order valence-electron chi connectivity index (χ2n) is 6.35. The summed E-state index contributed by atoms with van der Waals surface area (Å²) >= 11 is 0. The highest BCUT2D eigenvalue weighted by molar-refractivity contribution is 5.97. The highest BCUT2D eigenvalue weighted by Crippen LogP contribution is 2.43. The van der Waals surface area contributed by atoms with Gasteiger partial charge in [-0.25, -0.2) is 4.39 Å². The molecule has 1 aliphatic rings. The van der Waals surface area contributed by atoms with E-state index < -0.39 is 6.67 Å². The molecule has 0 aliphatic heterocycles. The van der Waals surface area contributed by atoms with Crippen LogP contribution in [0.3, 0.4) is 0 Å². The Balaban J connectivity index is 2.26. The largest absolute Gasteiger partial charge is 0.496 e. The van der Waals surface area contributed by atoms with Gasteiger partial charge in [-0.3, -0.25) is 4.79 Å². The minimum Gasteiger partial charge on any atom is -0.496 e. The number of benzene rings is 1. The molecule has 130 valence electrons. The summed E-state index contributed by atoms with van der Waals surface area (Å²) in [6, 6.07) is 5.84. The van der Waals surface area contributed by atoms with Gasteiger partial charge in [-0.15, -0.1) is 0 Å². The van der Waals surface area contributed by atoms with Crippen LogP contribution in [-0.2, 0) is 17.8 Å². The van der Waals surface area contributed by atoms with Gasteiger partial charge in [0.25, 0.3) is 0 Å². The number of amides is 1. The molecule has 2 aromatic rings. The molecule has 0 fully saturated rings. The van der Waals surface area contributed by atoms with E-state index in [1.165, 1.54) is 0 Å². The molecule has 3 rings (SSSR count). The number of hydrogen-bond donors (Lipinski definition) is 0. The first-order valence-electron chi connectivity index (χ1n) is 8.62. The van der Waals surface area contributed by atoms with Gasteiger partial charge in [0.1, 0.15) is 12.4 Å². The smallest absolute Gasteiger partial charge is 0.229 e. The van der Waals surface area contributed by atoms with E-state index in [9.17, 15) is 9.18 Å². The first kappa shape index (κ1) is 16.8. The van der Waals surface area contributed by atoms with E-state index in [0.717, 1.165) is 47.2 Å². The molecular weight excluding hydrogens is 307 g/mol. The molecule has 0 bridgehead atoms. The number of ether oxygens (including phenoxy) is 1. The number of nitrogens with zero attached hydrogens (tertiary/aromatic N) is 2. The molecule has 0 spiro atoms. The zero-order valence-electron chi connectivity index (χ0n) is 14.6. The molecule has 5 heteroatoms. The van der Waals surface area contributed by atoms with E-state index >= 15 is 0 Å². The fraction of sp³-hybridized carbons (Fsp3) is 0.526. The van der Waals surface area contributed by atoms with E-state index in [0.29, 0.717) is 13.1 Å². The lowest BCUT2D eigenvalue weighted by atomic mass is 9.84. The second kappa shape index (κ2) is 6.83. The van der Waals surface area contributed by atoms with Crippen molar-refractivity contribution < 1.29 is 13.9 Å². The Morgan fingerprint density at radius 1 is 1.46 bits per heavy atom. The van der Waals surface area contributed by atoms with E-state index in [4.69, 9.17) is 4.74 Å². The standard InChI is InChI=1S/C19H25FN2O2/c1-4-21(2)19(23)13-7-5-8-14-17(13)18-15(22(14)12-11-20)9-6-10-16(18)24-3/h6,9-10,13H,4-5,7-8,11-12H2,1-3H3/t13-/m1/s1. The van der Waals surface area contributed by atoms with E-state index in [-0.39, 0.29) is 11.8 Å². The van der Waals surface area contributed by atoms with Gasteiger partial charge in [0.15, 0.2) is 0 Å². The van der Waals surface area contributed by atoms with Gasteiger partial charge in [0, 0.05) is 24.7 Å². The second-order valence-corrected chi connectivity index (χ2v) is 6.35. The van der Waals surface area contributed by atoms with Gasteiger partial charge in [-0.05, 0) is 43.9 Å². The highest BCUT2D eigenvalue weighted by atomic mass is 19.1. The lowest BCUT2D eigenvalue weighted by Crippen LogP contribution is -2.33. The SMILES string of the molecule is CCN(C)C(=O)[C@@H]1CCCc2c1c1c(OC)cccc1n2CCF. The maximum absolute atomic E-state index is 13.1. The quantitative estimate of drug-likeness (QED) is 0.840. The average molecular weight is 332 g/mol. The topological polar surface area (TPSA) is 34.5 Å². The van der Waals surface area contributed by atoms with Crippen molar-refractivity contribution in [3.05, 3.63) is 29.5 Å². The van der Waals surface area contributed by atoms with Crippen LogP contribution in [-0.4, -0.2) is 42.8 Å². The molecular formula is C19H25FN2O2. The summed E-state index contributed by atoms with van der Waals surface area (Å²) < 4.78 is 20.8. The number of hydrogen-bond acceptors (Lipinski definition) is 2. The maximum Gasteiger partial charge on any atom is 0.229 e. The van der Waals surface area contributed by atoms with Crippen LogP contribution in [0.2, 0.25) is 0 Å². The van der Waals surface area contributed by atoms with Crippen molar-refractivity contribution in [3.63, 3.8) is 0 Å². The Morgan fingerprint density at radius 2 is 2.25 bits per heavy atom. The van der Waals surface area contributed by atoms with Crippen LogP contribution in [0.5, 0.6) is 5.75 Å². The number of methoxy groups -OCH3 is 1. The number of rotatable bonds is 5. The third-order valence-corrected chi connectivity index (χ3v) is 5.13. The van der Waals surface area contributed by atoms with Crippen molar-refractivity contribution in [1.29, 1.82) is 0 Å². The van der Waals surface area contributed by atoms with Gasteiger partial charge in [-0.2, -0.15) is 0 Å². The molecule has 0 unspecified atom stereocenters. The van der Waals surface area contributed by atoms with Crippen LogP contribution in [0.25, 0.3) is 10.9 Å². The van der Waals surface area contributed by atoms with Crippen molar-refractivity contribution in [2.75, 3.05) is 27.4 Å². The summed E-state index contributed by atoms with van der Waals surface area (Å²) in [6.45, 7) is 2.57. The van der Waals surface area contributed by atoms with Crippen LogP contribution in [0, 0.1) is 0 Å². The predicted octanol–water partition coefficient (Wildman–Crippen LogP) is 3.52. The summed E-state index contributed by atoms with van der Waals surface area (Å²) in [5.74, 6) is 0.738. The zero-order chi connectivity index (χ0) is 17.3. The monoisotopic (exact) mass is 332 g/mol. The first-order valence-corrected chi connectivity index (χ1v) is 8.62. The fourth-order valence-corrected chi connectivity index (χ4v) is 3.89. The lowest BCUT2D eigenvalue weighted by Gasteiger charge is -2.27. The molecule has 0 N–H and O–H groups in total. The molecule has 1 atom stereocenters. The van der Waals surface area contributed by atoms with Crippen LogP contribution >= 0.6 is 0 Å². The Kier molecular flexibility index (Phi) is 4.78. The van der Waals surface area contributed by atoms with Crippen molar-refractivity contribution in [1.82, 2.24) is 9.47 Å². The van der Waals surface area contributed by atoms with Crippen LogP contribution in [0.15, 0.2) is 18.2 Å². The number of alkyl halides is 1. The third kappa shape index (κ3) is 2.56. The Bertz CT molecular complexity index is 753. The maximum atomic E-state index is 13.1. The lowest BCUT2D eigenvalue weighted by molar-refractivity contribution is -0.131. The minimum atomic E-state index is -0.416. The number of aryl methyl sites for hydroxylation is 1. The summed E-state index contributed by atoms with van der Waals surface area (Å²) in [7, 11) is 3.49. The fourth-order valence-electron chi connectivity index (χ4n) is 3.89. The Labute approximate surface area is 142 Å². The minimum absolute atomic E-state index is 0.142. The molecule has 0 radical (unpaired) electrons. The molecule has 4 nitrogen and oxygen atoms in total. The molecule has 1 heterocycles. The van der Waals surface area contributed by atoms with Crippen molar-refractivity contribution in [3.8, 4) is 5.75 Å². The zero-order valence-corrected chi connectivity index (χ0v) is 14.6. The Hall–Kier alpha value is -2.04. The van der Waals surface area contributed by atoms with Crippen molar-refractivity contribution >= 4 is 16.8 Å². The van der Waals surface area contributed by atoms with Crippen molar-refractivity contribution in [2.45, 2.75) is 38.6 Å². The molecule has 1 aliphatic carbocycles. The number of aromatic nitrogens is 1. The molecule has 0 saturated heterocycles. The summed E-state index contributed by atoms with van der Waals surface area (Å²) in [4.78, 5) is 14.7. The number of carbonyl (C=O) groups excluding carboxylic acids is 1. The third-order valence-electron chi connectivity index (χ3n) is 5.13. The summed E-state index contributed by atoms with van der Waals surface area (Å²) in [5.41, 5.74) is 3.12. The van der Waals surface area contributed by atoms with Gasteiger partial charge in [-0.1, -0.05) is 6.07 Å². The summed E-state index contributed by atoms with van der Waals surface area (Å²) in [5, 5.41) is 0.978. The normalized spacial score (nSPS) is 16.9. The number of likely N-dealkylation sites (N-methyl/N-ethyl adjacent to an activating group) is 1. The highest BCUT2D eigenvalue weighted by Gasteiger charge is 2.34. The number of fused-ring (bicyclic) bond motifs is 3. The van der Waals surface area contributed by atoms with Crippen molar-refractivity contribution in [2.24, 2.45) is 0 Å². The van der Waals surface area contributed by atoms with Crippen LogP contribution < -0.4 is 4.74 Å². The molecule has 1 aromatic carbocycles. The number of carbonyl (C=O) groups is 1. The number of halogens is 1. The van der Waals surface area contributed by atoms with Gasteiger partial charge in [0.05, 0.1) is 25.1 Å². The molecule has 24 heavy (non-hydrogen) atoms. The molecule has 1 aromatic heterocycles.